The number of hydrogen-bond donors (Lipinski definition) is 1. The van der Waals surface area contributed by atoms with Crippen LogP contribution in [0.25, 0.3) is 0 Å². The van der Waals surface area contributed by atoms with Crippen LogP contribution < -0.4 is 9.47 Å². The van der Waals surface area contributed by atoms with E-state index in [1.165, 1.54) is 0 Å². The first kappa shape index (κ1) is 18.0. The van der Waals surface area contributed by atoms with Crippen LogP contribution in [0.5, 0.6) is 11.5 Å². The zero-order valence-electron chi connectivity index (χ0n) is 14.3. The van der Waals surface area contributed by atoms with Crippen molar-refractivity contribution in [2.24, 2.45) is 0 Å². The number of piperazine rings is 1. The molecule has 0 bridgehead atoms. The van der Waals surface area contributed by atoms with Gasteiger partial charge in [0.25, 0.3) is 0 Å². The third-order valence-electron chi connectivity index (χ3n) is 4.09. The molecule has 23 heavy (non-hydrogen) atoms. The number of aliphatic hydroxyl groups is 1. The van der Waals surface area contributed by atoms with Crippen LogP contribution in [0, 0.1) is 0 Å². The minimum absolute atomic E-state index is 0.334. The highest BCUT2D eigenvalue weighted by Gasteiger charge is 2.17. The molecule has 1 saturated heterocycles. The summed E-state index contributed by atoms with van der Waals surface area (Å²) >= 11 is 0. The van der Waals surface area contributed by atoms with Gasteiger partial charge in [0, 0.05) is 32.7 Å². The number of nitrogens with zero attached hydrogens (tertiary/aromatic N) is 2. The predicted octanol–water partition coefficient (Wildman–Crippen LogP) is 0.829. The number of methoxy groups -OCH3 is 2. The summed E-state index contributed by atoms with van der Waals surface area (Å²) in [6, 6.07) is 5.69. The van der Waals surface area contributed by atoms with Crippen LogP contribution in [-0.4, -0.2) is 81.6 Å². The summed E-state index contributed by atoms with van der Waals surface area (Å²) in [5.41, 5.74) is 0.995. The Labute approximate surface area is 138 Å². The highest BCUT2D eigenvalue weighted by Crippen LogP contribution is 2.27. The van der Waals surface area contributed by atoms with Gasteiger partial charge in [0.05, 0.1) is 33.5 Å². The van der Waals surface area contributed by atoms with Crippen LogP contribution in [0.2, 0.25) is 0 Å². The second-order valence-corrected chi connectivity index (χ2v) is 5.96. The molecule has 1 aromatic rings. The molecule has 1 aliphatic rings. The number of likely N-dealkylation sites (N-methyl/N-ethyl adjacent to an activating group) is 1. The Bertz CT molecular complexity index is 476. The number of benzene rings is 1. The number of rotatable bonds is 8. The molecule has 0 aliphatic carbocycles. The molecule has 130 valence electrons. The van der Waals surface area contributed by atoms with Crippen molar-refractivity contribution in [3.8, 4) is 11.5 Å². The average molecular weight is 324 g/mol. The van der Waals surface area contributed by atoms with Crippen molar-refractivity contribution in [2.75, 3.05) is 60.6 Å². The first-order valence-electron chi connectivity index (χ1n) is 8.00. The molecule has 1 aromatic carbocycles. The van der Waals surface area contributed by atoms with Gasteiger partial charge in [-0.3, -0.25) is 4.90 Å². The summed E-state index contributed by atoms with van der Waals surface area (Å²) in [6.45, 7) is 5.56. The molecule has 2 rings (SSSR count). The van der Waals surface area contributed by atoms with Crippen LogP contribution in [-0.2, 0) is 11.3 Å². The lowest BCUT2D eigenvalue weighted by Gasteiger charge is -2.33. The standard InChI is InChI=1S/C17H28N2O4/c1-18-6-8-19(9-7-18)11-15(20)13-23-12-14-4-5-16(21-2)17(10-14)22-3/h4-5,10,15,20H,6-9,11-13H2,1-3H3/t15-/m1/s1. The molecule has 0 aromatic heterocycles. The van der Waals surface area contributed by atoms with Crippen LogP contribution >= 0.6 is 0 Å². The molecule has 0 unspecified atom stereocenters. The second kappa shape index (κ2) is 9.08. The maximum atomic E-state index is 10.1. The fourth-order valence-corrected chi connectivity index (χ4v) is 2.66. The maximum absolute atomic E-state index is 10.1. The van der Waals surface area contributed by atoms with Gasteiger partial charge in [-0.25, -0.2) is 0 Å². The molecule has 0 saturated carbocycles. The van der Waals surface area contributed by atoms with Crippen molar-refractivity contribution < 1.29 is 19.3 Å². The number of ether oxygens (including phenoxy) is 3. The van der Waals surface area contributed by atoms with Gasteiger partial charge in [0.15, 0.2) is 11.5 Å². The van der Waals surface area contributed by atoms with Gasteiger partial charge in [0.2, 0.25) is 0 Å². The summed E-state index contributed by atoms with van der Waals surface area (Å²) < 4.78 is 16.1. The Balaban J connectivity index is 1.72. The minimum Gasteiger partial charge on any atom is -0.493 e. The van der Waals surface area contributed by atoms with Crippen LogP contribution in [0.15, 0.2) is 18.2 Å². The second-order valence-electron chi connectivity index (χ2n) is 5.96. The fourth-order valence-electron chi connectivity index (χ4n) is 2.66. The van der Waals surface area contributed by atoms with Gasteiger partial charge in [-0.05, 0) is 24.7 Å². The van der Waals surface area contributed by atoms with E-state index < -0.39 is 6.10 Å². The van der Waals surface area contributed by atoms with Crippen molar-refractivity contribution >= 4 is 0 Å². The van der Waals surface area contributed by atoms with E-state index in [9.17, 15) is 5.11 Å². The molecule has 0 radical (unpaired) electrons. The molecule has 6 nitrogen and oxygen atoms in total. The lowest BCUT2D eigenvalue weighted by atomic mass is 10.2. The lowest BCUT2D eigenvalue weighted by Crippen LogP contribution is -2.47. The molecule has 1 atom stereocenters. The van der Waals surface area contributed by atoms with Crippen molar-refractivity contribution in [3.05, 3.63) is 23.8 Å². The topological polar surface area (TPSA) is 54.4 Å². The quantitative estimate of drug-likeness (QED) is 0.764. The number of β-amino-alcohol motifs (C(OH)–C–C–N with tert-alkyl or cyclic N) is 1. The molecular weight excluding hydrogens is 296 g/mol. The Kier molecular flexibility index (Phi) is 7.11. The van der Waals surface area contributed by atoms with Gasteiger partial charge >= 0.3 is 0 Å². The normalized spacial score (nSPS) is 17.9. The van der Waals surface area contributed by atoms with E-state index in [0.29, 0.717) is 31.3 Å². The fraction of sp³-hybridized carbons (Fsp3) is 0.647. The minimum atomic E-state index is -0.460. The number of aliphatic hydroxyl groups excluding tert-OH is 1. The lowest BCUT2D eigenvalue weighted by molar-refractivity contribution is 0.00292. The van der Waals surface area contributed by atoms with Gasteiger partial charge in [-0.15, -0.1) is 0 Å². The van der Waals surface area contributed by atoms with Crippen molar-refractivity contribution in [1.29, 1.82) is 0 Å². The third-order valence-corrected chi connectivity index (χ3v) is 4.09. The van der Waals surface area contributed by atoms with E-state index >= 15 is 0 Å². The smallest absolute Gasteiger partial charge is 0.161 e. The van der Waals surface area contributed by atoms with Crippen LogP contribution in [0.1, 0.15) is 5.56 Å². The molecule has 1 aliphatic heterocycles. The van der Waals surface area contributed by atoms with Gasteiger partial charge < -0.3 is 24.2 Å². The molecule has 6 heteroatoms. The Hall–Kier alpha value is -1.34. The van der Waals surface area contributed by atoms with E-state index in [2.05, 4.69) is 16.8 Å². The van der Waals surface area contributed by atoms with Gasteiger partial charge in [-0.2, -0.15) is 0 Å². The zero-order chi connectivity index (χ0) is 16.7. The van der Waals surface area contributed by atoms with Crippen molar-refractivity contribution in [2.45, 2.75) is 12.7 Å². The van der Waals surface area contributed by atoms with E-state index in [1.807, 2.05) is 18.2 Å². The van der Waals surface area contributed by atoms with Crippen LogP contribution in [0.4, 0.5) is 0 Å². The summed E-state index contributed by atoms with van der Waals surface area (Å²) in [6.07, 6.45) is -0.460. The van der Waals surface area contributed by atoms with Gasteiger partial charge in [0.1, 0.15) is 0 Å². The summed E-state index contributed by atoms with van der Waals surface area (Å²) in [5.74, 6) is 1.39. The largest absolute Gasteiger partial charge is 0.493 e. The molecule has 1 N–H and O–H groups in total. The SMILES string of the molecule is COc1ccc(COC[C@H](O)CN2CCN(C)CC2)cc1OC. The Morgan fingerprint density at radius 2 is 1.78 bits per heavy atom. The highest BCUT2D eigenvalue weighted by molar-refractivity contribution is 5.42. The van der Waals surface area contributed by atoms with Crippen molar-refractivity contribution in [3.63, 3.8) is 0 Å². The van der Waals surface area contributed by atoms with Crippen LogP contribution in [0.3, 0.4) is 0 Å². The molecule has 1 fully saturated rings. The van der Waals surface area contributed by atoms with E-state index in [0.717, 1.165) is 31.7 Å². The Morgan fingerprint density at radius 3 is 2.43 bits per heavy atom. The molecule has 1 heterocycles. The number of hydrogen-bond acceptors (Lipinski definition) is 6. The summed E-state index contributed by atoms with van der Waals surface area (Å²) in [5, 5.41) is 10.1. The molecule has 0 amide bonds. The predicted molar refractivity (Wildman–Crippen MR) is 89.1 cm³/mol. The summed E-state index contributed by atoms with van der Waals surface area (Å²) in [4.78, 5) is 4.58. The molecule has 0 spiro atoms. The van der Waals surface area contributed by atoms with E-state index in [1.54, 1.807) is 14.2 Å². The Morgan fingerprint density at radius 1 is 1.09 bits per heavy atom. The van der Waals surface area contributed by atoms with E-state index in [4.69, 9.17) is 14.2 Å². The summed E-state index contributed by atoms with van der Waals surface area (Å²) in [7, 11) is 5.35. The first-order valence-corrected chi connectivity index (χ1v) is 8.00. The van der Waals surface area contributed by atoms with Gasteiger partial charge in [-0.1, -0.05) is 6.07 Å². The zero-order valence-corrected chi connectivity index (χ0v) is 14.3. The first-order chi connectivity index (χ1) is 11.1. The maximum Gasteiger partial charge on any atom is 0.161 e. The monoisotopic (exact) mass is 324 g/mol. The highest BCUT2D eigenvalue weighted by atomic mass is 16.5. The van der Waals surface area contributed by atoms with E-state index in [-0.39, 0.29) is 0 Å². The molecular formula is C17H28N2O4. The van der Waals surface area contributed by atoms with Crippen molar-refractivity contribution in [1.82, 2.24) is 9.80 Å². The average Bonchev–Trinajstić information content (AvgIpc) is 2.56. The third kappa shape index (κ3) is 5.66.